The Hall–Kier alpha value is -1.75. The van der Waals surface area contributed by atoms with Crippen molar-refractivity contribution < 1.29 is 66.9 Å². The van der Waals surface area contributed by atoms with Crippen molar-refractivity contribution in [2.45, 2.75) is 12.4 Å². The van der Waals surface area contributed by atoms with Gasteiger partial charge in [-0.25, -0.2) is 0 Å². The van der Waals surface area contributed by atoms with Crippen molar-refractivity contribution in [1.29, 1.82) is 0 Å². The quantitative estimate of drug-likeness (QED) is 0.273. The van der Waals surface area contributed by atoms with Gasteiger partial charge >= 0.3 is 213 Å². The summed E-state index contributed by atoms with van der Waals surface area (Å²) >= 11 is -6.95. The minimum atomic E-state index is -5.15. The Morgan fingerprint density at radius 3 is 1.36 bits per heavy atom. The zero-order valence-electron chi connectivity index (χ0n) is 16.7. The Balaban J connectivity index is 0.000000201. The molecule has 2 N–H and O–H groups in total. The Kier molecular flexibility index (Phi) is 8.75. The van der Waals surface area contributed by atoms with Gasteiger partial charge in [0.05, 0.1) is 0 Å². The van der Waals surface area contributed by atoms with E-state index in [2.05, 4.69) is 6.13 Å². The van der Waals surface area contributed by atoms with Gasteiger partial charge in [-0.3, -0.25) is 0 Å². The Morgan fingerprint density at radius 2 is 1.06 bits per heavy atom. The topological polar surface area (TPSA) is 112 Å². The zero-order chi connectivity index (χ0) is 27.0. The molecule has 2 aromatic rings. The van der Waals surface area contributed by atoms with E-state index in [1.165, 1.54) is 24.3 Å². The molecule has 0 saturated heterocycles. The molecule has 36 heavy (non-hydrogen) atoms. The first kappa shape index (κ1) is 28.8. The summed E-state index contributed by atoms with van der Waals surface area (Å²) in [5.41, 5.74) is -0.532. The van der Waals surface area contributed by atoms with Crippen LogP contribution in [-0.2, 0) is 21.7 Å². The number of rotatable bonds is 2. The molecule has 0 radical (unpaired) electrons. The van der Waals surface area contributed by atoms with Crippen molar-refractivity contribution in [3.8, 4) is 0 Å². The molecule has 8 nitrogen and oxygen atoms in total. The molecule has 2 aliphatic heterocycles. The number of carbonyl (C=O) groups excluding carboxylic acids is 2. The van der Waals surface area contributed by atoms with Crippen LogP contribution in [0.5, 0.6) is 0 Å². The van der Waals surface area contributed by atoms with Gasteiger partial charge in [0.1, 0.15) is 0 Å². The fraction of sp³-hybridized carbons (Fsp3) is 0.125. The van der Waals surface area contributed by atoms with Gasteiger partial charge in [0.25, 0.3) is 0 Å². The van der Waals surface area contributed by atoms with E-state index in [1.54, 1.807) is 0 Å². The third-order valence-corrected chi connectivity index (χ3v) is 11.2. The monoisotopic (exact) mass is 756 g/mol. The Labute approximate surface area is 212 Å². The van der Waals surface area contributed by atoms with Crippen LogP contribution in [0, 0.1) is 18.8 Å². The van der Waals surface area contributed by atoms with Crippen LogP contribution < -0.4 is 10.9 Å². The molecule has 0 aromatic heterocycles. The van der Waals surface area contributed by atoms with Gasteiger partial charge in [-0.2, -0.15) is 0 Å². The molecule has 0 amide bonds. The number of hydrogen-bond acceptors (Lipinski definition) is 8. The predicted molar refractivity (Wildman–Crippen MR) is 120 cm³/mol. The molecule has 0 aliphatic carbocycles. The molecule has 0 unspecified atom stereocenters. The molecule has 0 saturated carbocycles. The van der Waals surface area contributed by atoms with Crippen molar-refractivity contribution in [1.82, 2.24) is 0 Å². The number of hydrogen-bond donors (Lipinski definition) is 2. The van der Waals surface area contributed by atoms with E-state index in [0.29, 0.717) is 0 Å². The third kappa shape index (κ3) is 6.38. The summed E-state index contributed by atoms with van der Waals surface area (Å²) in [7, 11) is -3.40. The molecular formula is C16H8B2F8I2O8. The molecule has 0 fully saturated rings. The van der Waals surface area contributed by atoms with Crippen LogP contribution in [0.15, 0.2) is 36.4 Å². The van der Waals surface area contributed by atoms with Crippen LogP contribution >= 0.6 is 41.3 Å². The van der Waals surface area contributed by atoms with Crippen molar-refractivity contribution in [3.05, 3.63) is 55.2 Å². The Bertz CT molecular complexity index is 1080. The number of alkyl halides is 6. The standard InChI is InChI=1S/2C8H4BF4IO4/c2*10-4-2-1-3-5-6(4)9(16)18-14(5)17-7(15)8(11,12)13/h2*1-3,16H. The maximum absolute atomic E-state index is 13.3. The number of carbonyl (C=O) groups is 2. The summed E-state index contributed by atoms with van der Waals surface area (Å²) in [6.45, 7) is 0. The molecule has 2 aliphatic rings. The first-order valence-electron chi connectivity index (χ1n) is 8.88. The van der Waals surface area contributed by atoms with Crippen molar-refractivity contribution >= 4 is 78.4 Å². The summed E-state index contributed by atoms with van der Waals surface area (Å²) in [6, 6.07) is 7.06. The van der Waals surface area contributed by atoms with E-state index in [9.17, 15) is 54.8 Å². The molecular weight excluding hydrogens is 748 g/mol. The SMILES string of the molecule is O=C(OI1OB(O)c2c(F)cccc21)C(F)(F)F.O=C(OI1OB(O)c2c(F)cccc21)C(F)(F)F. The summed E-state index contributed by atoms with van der Waals surface area (Å²) < 4.78 is 116. The van der Waals surface area contributed by atoms with Gasteiger partial charge in [-0.05, 0) is 0 Å². The van der Waals surface area contributed by atoms with E-state index in [0.717, 1.165) is 12.1 Å². The second-order valence-corrected chi connectivity index (χ2v) is 13.0. The van der Waals surface area contributed by atoms with Crippen molar-refractivity contribution in [3.63, 3.8) is 0 Å². The van der Waals surface area contributed by atoms with Crippen LogP contribution in [0.2, 0.25) is 0 Å². The van der Waals surface area contributed by atoms with E-state index in [-0.39, 0.29) is 18.1 Å². The average molecular weight is 756 g/mol. The second kappa shape index (κ2) is 10.9. The minimum absolute atomic E-state index is 0.00398. The first-order valence-corrected chi connectivity index (χ1v) is 14.6. The number of halogens is 10. The van der Waals surface area contributed by atoms with E-state index < -0.39 is 91.5 Å². The molecule has 196 valence electrons. The average Bonchev–Trinajstić information content (AvgIpc) is 3.25. The molecule has 0 bridgehead atoms. The summed E-state index contributed by atoms with van der Waals surface area (Å²) in [4.78, 5) is 21.3. The van der Waals surface area contributed by atoms with Crippen molar-refractivity contribution in [2.75, 3.05) is 0 Å². The summed E-state index contributed by atoms with van der Waals surface area (Å²) in [6.07, 6.45) is -10.3. The molecule has 2 heterocycles. The van der Waals surface area contributed by atoms with Gasteiger partial charge in [0, 0.05) is 0 Å². The van der Waals surface area contributed by atoms with Crippen LogP contribution in [-0.4, -0.2) is 48.6 Å². The van der Waals surface area contributed by atoms with Gasteiger partial charge in [-0.15, -0.1) is 0 Å². The molecule has 2 aromatic carbocycles. The van der Waals surface area contributed by atoms with E-state index in [4.69, 9.17) is 5.97 Å². The fourth-order valence-electron chi connectivity index (χ4n) is 2.43. The van der Waals surface area contributed by atoms with E-state index in [1.807, 2.05) is 0 Å². The fourth-order valence-corrected chi connectivity index (χ4v) is 9.27. The zero-order valence-corrected chi connectivity index (χ0v) is 21.1. The molecule has 0 atom stereocenters. The summed E-state index contributed by atoms with van der Waals surface area (Å²) in [5, 5.41) is 18.7. The number of fused-ring (bicyclic) bond motifs is 2. The normalized spacial score (nSPS) is 16.7. The van der Waals surface area contributed by atoms with Crippen LogP contribution in [0.25, 0.3) is 0 Å². The second-order valence-electron chi connectivity index (χ2n) is 6.31. The van der Waals surface area contributed by atoms with E-state index >= 15 is 0 Å². The summed E-state index contributed by atoms with van der Waals surface area (Å²) in [5.74, 6) is -6.44. The number of benzene rings is 2. The van der Waals surface area contributed by atoms with Gasteiger partial charge in [0.2, 0.25) is 0 Å². The first-order chi connectivity index (χ1) is 16.6. The molecule has 4 rings (SSSR count). The van der Waals surface area contributed by atoms with Crippen LogP contribution in [0.1, 0.15) is 0 Å². The molecule has 20 heteroatoms. The predicted octanol–water partition coefficient (Wildman–Crippen LogP) is 2.31. The molecule has 0 spiro atoms. The van der Waals surface area contributed by atoms with Crippen LogP contribution in [0.3, 0.4) is 0 Å². The third-order valence-electron chi connectivity index (χ3n) is 3.90. The van der Waals surface area contributed by atoms with Gasteiger partial charge in [0.15, 0.2) is 0 Å². The van der Waals surface area contributed by atoms with Crippen molar-refractivity contribution in [2.24, 2.45) is 0 Å². The van der Waals surface area contributed by atoms with Gasteiger partial charge < -0.3 is 0 Å². The van der Waals surface area contributed by atoms with Gasteiger partial charge in [-0.1, -0.05) is 0 Å². The maximum atomic E-state index is 13.3. The van der Waals surface area contributed by atoms with Crippen LogP contribution in [0.4, 0.5) is 35.1 Å². The Morgan fingerprint density at radius 1 is 0.722 bits per heavy atom.